The Hall–Kier alpha value is -2.20. The van der Waals surface area contributed by atoms with Crippen LogP contribution in [0.25, 0.3) is 6.08 Å². The first-order valence-electron chi connectivity index (χ1n) is 10.9. The molecule has 0 saturated heterocycles. The van der Waals surface area contributed by atoms with Crippen LogP contribution in [0.4, 0.5) is 11.4 Å². The van der Waals surface area contributed by atoms with E-state index in [-0.39, 0.29) is 0 Å². The van der Waals surface area contributed by atoms with Crippen molar-refractivity contribution < 1.29 is 0 Å². The highest BCUT2D eigenvalue weighted by Gasteiger charge is 2.21. The number of hydrogen-bond donors (Lipinski definition) is 3. The summed E-state index contributed by atoms with van der Waals surface area (Å²) in [7, 11) is 4.23. The van der Waals surface area contributed by atoms with Gasteiger partial charge in [0.05, 0.1) is 0 Å². The van der Waals surface area contributed by atoms with E-state index in [1.54, 1.807) is 0 Å². The van der Waals surface area contributed by atoms with Crippen LogP contribution >= 0.6 is 0 Å². The second-order valence-electron chi connectivity index (χ2n) is 8.30. The predicted molar refractivity (Wildman–Crippen MR) is 120 cm³/mol. The standard InChI is InChI=1S/C24H34N4/c1-4-17(11-12-25-2)22-16-26-23-15-20(7-9-21(22)23)27-19-8-10-24-18(14-19)6-5-13-28(24)3/h8,10,14-17,25-27H,4-7,9,11-13H2,1-3H3. The lowest BCUT2D eigenvalue weighted by atomic mass is 9.88. The van der Waals surface area contributed by atoms with Crippen LogP contribution in [0.2, 0.25) is 0 Å². The van der Waals surface area contributed by atoms with Crippen molar-refractivity contribution in [1.82, 2.24) is 10.3 Å². The molecule has 0 spiro atoms. The van der Waals surface area contributed by atoms with Crippen LogP contribution in [0.15, 0.2) is 30.1 Å². The molecular weight excluding hydrogens is 344 g/mol. The molecule has 0 bridgehead atoms. The molecule has 1 aromatic heterocycles. The lowest BCUT2D eigenvalue weighted by molar-refractivity contribution is 0.577. The monoisotopic (exact) mass is 378 g/mol. The van der Waals surface area contributed by atoms with Gasteiger partial charge in [0.25, 0.3) is 0 Å². The Balaban J connectivity index is 1.51. The Morgan fingerprint density at radius 1 is 1.21 bits per heavy atom. The first-order chi connectivity index (χ1) is 13.7. The number of benzene rings is 1. The van der Waals surface area contributed by atoms with Crippen molar-refractivity contribution in [2.45, 2.75) is 51.4 Å². The van der Waals surface area contributed by atoms with E-state index in [2.05, 4.69) is 65.0 Å². The number of allylic oxidation sites excluding steroid dienone is 1. The molecule has 150 valence electrons. The molecule has 1 aliphatic heterocycles. The Labute approximate surface area is 169 Å². The molecule has 2 heterocycles. The average Bonchev–Trinajstić information content (AvgIpc) is 3.12. The fraction of sp³-hybridized carbons (Fsp3) is 0.500. The highest BCUT2D eigenvalue weighted by atomic mass is 15.1. The van der Waals surface area contributed by atoms with E-state index in [9.17, 15) is 0 Å². The highest BCUT2D eigenvalue weighted by molar-refractivity contribution is 5.67. The first kappa shape index (κ1) is 19.1. The van der Waals surface area contributed by atoms with Crippen molar-refractivity contribution in [2.75, 3.05) is 37.4 Å². The Morgan fingerprint density at radius 2 is 2.11 bits per heavy atom. The number of nitrogens with one attached hydrogen (secondary N) is 3. The topological polar surface area (TPSA) is 43.1 Å². The third-order valence-corrected chi connectivity index (χ3v) is 6.43. The number of aryl methyl sites for hydroxylation is 1. The Bertz CT molecular complexity index is 848. The average molecular weight is 379 g/mol. The van der Waals surface area contributed by atoms with Gasteiger partial charge >= 0.3 is 0 Å². The molecule has 1 aliphatic carbocycles. The summed E-state index contributed by atoms with van der Waals surface area (Å²) in [5.74, 6) is 0.646. The summed E-state index contributed by atoms with van der Waals surface area (Å²) in [5.41, 5.74) is 9.74. The van der Waals surface area contributed by atoms with E-state index in [0.717, 1.165) is 25.9 Å². The number of fused-ring (bicyclic) bond motifs is 2. The third kappa shape index (κ3) is 3.83. The number of hydrogen-bond acceptors (Lipinski definition) is 3. The molecule has 1 atom stereocenters. The van der Waals surface area contributed by atoms with E-state index >= 15 is 0 Å². The third-order valence-electron chi connectivity index (χ3n) is 6.43. The maximum Gasteiger partial charge on any atom is 0.0433 e. The maximum atomic E-state index is 3.69. The normalized spacial score (nSPS) is 17.0. The molecule has 28 heavy (non-hydrogen) atoms. The summed E-state index contributed by atoms with van der Waals surface area (Å²) >= 11 is 0. The van der Waals surface area contributed by atoms with Crippen molar-refractivity contribution in [3.63, 3.8) is 0 Å². The van der Waals surface area contributed by atoms with Crippen molar-refractivity contribution >= 4 is 17.5 Å². The van der Waals surface area contributed by atoms with Gasteiger partial charge in [-0.15, -0.1) is 0 Å². The van der Waals surface area contributed by atoms with Crippen LogP contribution in [0.1, 0.15) is 60.9 Å². The molecule has 0 fully saturated rings. The van der Waals surface area contributed by atoms with Crippen molar-refractivity contribution in [2.24, 2.45) is 0 Å². The van der Waals surface area contributed by atoms with Crippen molar-refractivity contribution in [3.05, 3.63) is 52.5 Å². The number of rotatable bonds is 7. The minimum absolute atomic E-state index is 0.646. The van der Waals surface area contributed by atoms with Gasteiger partial charge in [-0.05, 0) is 99.0 Å². The van der Waals surface area contributed by atoms with Gasteiger partial charge in [0.2, 0.25) is 0 Å². The lowest BCUT2D eigenvalue weighted by Crippen LogP contribution is -2.24. The maximum absolute atomic E-state index is 3.69. The number of nitrogens with zero attached hydrogens (tertiary/aromatic N) is 1. The van der Waals surface area contributed by atoms with Gasteiger partial charge in [0, 0.05) is 42.6 Å². The van der Waals surface area contributed by atoms with Crippen LogP contribution in [0.3, 0.4) is 0 Å². The molecular formula is C24H34N4. The second-order valence-corrected chi connectivity index (χ2v) is 8.30. The molecule has 3 N–H and O–H groups in total. The van der Waals surface area contributed by atoms with Gasteiger partial charge in [-0.25, -0.2) is 0 Å². The summed E-state index contributed by atoms with van der Waals surface area (Å²) in [6, 6.07) is 6.83. The van der Waals surface area contributed by atoms with Gasteiger partial charge < -0.3 is 20.5 Å². The fourth-order valence-corrected chi connectivity index (χ4v) is 4.81. The zero-order valence-corrected chi connectivity index (χ0v) is 17.6. The summed E-state index contributed by atoms with van der Waals surface area (Å²) in [6.07, 6.45) is 11.6. The molecule has 4 heteroatoms. The summed E-state index contributed by atoms with van der Waals surface area (Å²) in [6.45, 7) is 4.55. The molecule has 0 radical (unpaired) electrons. The van der Waals surface area contributed by atoms with Crippen LogP contribution in [0.5, 0.6) is 0 Å². The van der Waals surface area contributed by atoms with E-state index in [0.29, 0.717) is 5.92 Å². The number of aromatic nitrogens is 1. The molecule has 1 aromatic carbocycles. The van der Waals surface area contributed by atoms with Crippen molar-refractivity contribution in [1.29, 1.82) is 0 Å². The first-order valence-corrected chi connectivity index (χ1v) is 10.9. The Morgan fingerprint density at radius 3 is 2.93 bits per heavy atom. The van der Waals surface area contributed by atoms with Crippen LogP contribution in [-0.2, 0) is 12.8 Å². The van der Waals surface area contributed by atoms with Crippen LogP contribution in [-0.4, -0.2) is 32.2 Å². The highest BCUT2D eigenvalue weighted by Crippen LogP contribution is 2.34. The zero-order valence-electron chi connectivity index (χ0n) is 17.6. The van der Waals surface area contributed by atoms with E-state index in [1.165, 1.54) is 65.1 Å². The lowest BCUT2D eigenvalue weighted by Gasteiger charge is -2.28. The van der Waals surface area contributed by atoms with E-state index in [4.69, 9.17) is 0 Å². The fourth-order valence-electron chi connectivity index (χ4n) is 4.81. The minimum atomic E-state index is 0.646. The van der Waals surface area contributed by atoms with Crippen LogP contribution < -0.4 is 15.5 Å². The van der Waals surface area contributed by atoms with Gasteiger partial charge in [0.1, 0.15) is 0 Å². The summed E-state index contributed by atoms with van der Waals surface area (Å²) in [4.78, 5) is 5.91. The number of anilines is 2. The van der Waals surface area contributed by atoms with Gasteiger partial charge in [-0.2, -0.15) is 0 Å². The van der Waals surface area contributed by atoms with Crippen molar-refractivity contribution in [3.8, 4) is 0 Å². The quantitative estimate of drug-likeness (QED) is 0.642. The number of aromatic amines is 1. The molecule has 4 nitrogen and oxygen atoms in total. The molecule has 0 amide bonds. The molecule has 2 aromatic rings. The second kappa shape index (κ2) is 8.44. The van der Waals surface area contributed by atoms with Gasteiger partial charge in [0.15, 0.2) is 0 Å². The summed E-state index contributed by atoms with van der Waals surface area (Å²) < 4.78 is 0. The molecule has 4 rings (SSSR count). The SMILES string of the molecule is CCC(CCNC)c1c[nH]c2c1CCC(Nc1ccc3c(c1)CCCN3C)=C2. The predicted octanol–water partition coefficient (Wildman–Crippen LogP) is 4.90. The Kier molecular flexibility index (Phi) is 5.77. The molecule has 0 saturated carbocycles. The van der Waals surface area contributed by atoms with Gasteiger partial charge in [-0.1, -0.05) is 6.92 Å². The smallest absolute Gasteiger partial charge is 0.0433 e. The largest absolute Gasteiger partial charge is 0.374 e. The number of H-pyrrole nitrogens is 1. The zero-order chi connectivity index (χ0) is 19.5. The van der Waals surface area contributed by atoms with Gasteiger partial charge in [-0.3, -0.25) is 0 Å². The van der Waals surface area contributed by atoms with Crippen LogP contribution in [0, 0.1) is 0 Å². The molecule has 1 unspecified atom stereocenters. The van der Waals surface area contributed by atoms with E-state index < -0.39 is 0 Å². The molecule has 2 aliphatic rings. The summed E-state index contributed by atoms with van der Waals surface area (Å²) in [5, 5.41) is 6.98. The minimum Gasteiger partial charge on any atom is -0.374 e. The van der Waals surface area contributed by atoms with E-state index in [1.807, 2.05) is 7.05 Å².